The van der Waals surface area contributed by atoms with Gasteiger partial charge in [0.15, 0.2) is 5.78 Å². The number of hydrogen-bond donors (Lipinski definition) is 0. The van der Waals surface area contributed by atoms with Gasteiger partial charge in [-0.1, -0.05) is 23.8 Å². The molecular weight excluding hydrogens is 268 g/mol. The Morgan fingerprint density at radius 2 is 1.95 bits per heavy atom. The van der Waals surface area contributed by atoms with Crippen molar-refractivity contribution in [1.82, 2.24) is 0 Å². The molecule has 21 heavy (non-hydrogen) atoms. The van der Waals surface area contributed by atoms with Gasteiger partial charge in [0.05, 0.1) is 18.1 Å². The molecule has 2 aromatic carbocycles. The highest BCUT2D eigenvalue weighted by molar-refractivity contribution is 6.12. The average molecular weight is 284 g/mol. The zero-order valence-corrected chi connectivity index (χ0v) is 12.2. The van der Waals surface area contributed by atoms with Crippen molar-refractivity contribution >= 4 is 11.5 Å². The zero-order valence-electron chi connectivity index (χ0n) is 12.2. The lowest BCUT2D eigenvalue weighted by Crippen LogP contribution is -2.13. The van der Waals surface area contributed by atoms with E-state index in [2.05, 4.69) is 5.29 Å². The Morgan fingerprint density at radius 1 is 1.19 bits per heavy atom. The minimum absolute atomic E-state index is 0.178. The molecule has 0 fully saturated rings. The van der Waals surface area contributed by atoms with E-state index < -0.39 is 0 Å². The third kappa shape index (κ3) is 3.08. The normalized spacial score (nSPS) is 10.0. The first-order chi connectivity index (χ1) is 10.1. The average Bonchev–Trinajstić information content (AvgIpc) is 2.53. The Kier molecular flexibility index (Phi) is 4.33. The molecule has 0 bridgehead atoms. The van der Waals surface area contributed by atoms with E-state index in [1.165, 1.54) is 7.05 Å². The number of aryl methyl sites for hydroxylation is 1. The summed E-state index contributed by atoms with van der Waals surface area (Å²) in [5.74, 6) is 0.431. The summed E-state index contributed by atoms with van der Waals surface area (Å²) in [6, 6.07) is 12.2. The summed E-state index contributed by atoms with van der Waals surface area (Å²) in [5.41, 5.74) is 2.35. The highest BCUT2D eigenvalue weighted by atomic mass is 16.5. The number of carbonyl (C=O) groups is 1. The highest BCUT2D eigenvalue weighted by Gasteiger charge is 2.17. The fourth-order valence-corrected chi connectivity index (χ4v) is 2.08. The molecule has 0 radical (unpaired) electrons. The molecule has 5 nitrogen and oxygen atoms in total. The highest BCUT2D eigenvalue weighted by Crippen LogP contribution is 2.25. The number of benzene rings is 2. The third-order valence-electron chi connectivity index (χ3n) is 3.20. The molecule has 2 rings (SSSR count). The lowest BCUT2D eigenvalue weighted by atomic mass is 9.99. The summed E-state index contributed by atoms with van der Waals surface area (Å²) in [4.78, 5) is 23.4. The maximum atomic E-state index is 12.7. The molecule has 0 aliphatic rings. The molecule has 0 aliphatic heterocycles. The van der Waals surface area contributed by atoms with E-state index in [0.29, 0.717) is 22.6 Å². The smallest absolute Gasteiger partial charge is 0.195 e. The number of nitroso groups, excluding NO2 is 1. The molecule has 0 saturated heterocycles. The van der Waals surface area contributed by atoms with Gasteiger partial charge in [-0.15, -0.1) is 4.91 Å². The summed E-state index contributed by atoms with van der Waals surface area (Å²) in [6.45, 7) is 1.89. The second kappa shape index (κ2) is 6.17. The number of methoxy groups -OCH3 is 1. The summed E-state index contributed by atoms with van der Waals surface area (Å²) in [6.07, 6.45) is 0. The van der Waals surface area contributed by atoms with E-state index in [9.17, 15) is 9.70 Å². The van der Waals surface area contributed by atoms with Crippen LogP contribution < -0.4 is 9.75 Å². The van der Waals surface area contributed by atoms with Crippen molar-refractivity contribution in [3.05, 3.63) is 64.1 Å². The SMILES string of the molecule is COc1cccc(C(=O)c2cc(C)ccc2N(C)N=O)c1. The van der Waals surface area contributed by atoms with Crippen molar-refractivity contribution in [2.75, 3.05) is 19.2 Å². The van der Waals surface area contributed by atoms with E-state index in [4.69, 9.17) is 4.74 Å². The van der Waals surface area contributed by atoms with Gasteiger partial charge >= 0.3 is 0 Å². The van der Waals surface area contributed by atoms with Gasteiger partial charge in [-0.3, -0.25) is 4.79 Å². The summed E-state index contributed by atoms with van der Waals surface area (Å²) in [5, 5.41) is 4.01. The van der Waals surface area contributed by atoms with Crippen molar-refractivity contribution in [1.29, 1.82) is 0 Å². The Bertz CT molecular complexity index is 683. The van der Waals surface area contributed by atoms with Crippen molar-refractivity contribution in [2.45, 2.75) is 6.92 Å². The number of rotatable bonds is 5. The zero-order chi connectivity index (χ0) is 15.4. The standard InChI is InChI=1S/C16H16N2O3/c1-11-7-8-15(18(2)17-20)14(9-11)16(19)12-5-4-6-13(10-12)21-3/h4-10H,1-3H3. The number of anilines is 1. The van der Waals surface area contributed by atoms with Gasteiger partial charge in [0, 0.05) is 18.2 Å². The summed E-state index contributed by atoms with van der Waals surface area (Å²) < 4.78 is 5.13. The maximum absolute atomic E-state index is 12.7. The molecule has 0 N–H and O–H groups in total. The van der Waals surface area contributed by atoms with Gasteiger partial charge in [-0.05, 0) is 31.2 Å². The van der Waals surface area contributed by atoms with E-state index >= 15 is 0 Å². The fourth-order valence-electron chi connectivity index (χ4n) is 2.08. The number of ketones is 1. The van der Waals surface area contributed by atoms with Gasteiger partial charge < -0.3 is 4.74 Å². The molecule has 108 valence electrons. The Morgan fingerprint density at radius 3 is 2.62 bits per heavy atom. The van der Waals surface area contributed by atoms with Crippen LogP contribution >= 0.6 is 0 Å². The molecule has 0 atom stereocenters. The van der Waals surface area contributed by atoms with E-state index in [1.54, 1.807) is 43.5 Å². The molecule has 0 aliphatic carbocycles. The van der Waals surface area contributed by atoms with Crippen LogP contribution in [-0.2, 0) is 0 Å². The molecule has 2 aromatic rings. The quantitative estimate of drug-likeness (QED) is 0.480. The molecule has 0 heterocycles. The lowest BCUT2D eigenvalue weighted by molar-refractivity contribution is 0.103. The fraction of sp³-hybridized carbons (Fsp3) is 0.188. The van der Waals surface area contributed by atoms with Gasteiger partial charge in [0.25, 0.3) is 0 Å². The topological polar surface area (TPSA) is 59.0 Å². The Labute approximate surface area is 123 Å². The number of carbonyl (C=O) groups excluding carboxylic acids is 1. The molecule has 0 saturated carbocycles. The number of nitrogens with zero attached hydrogens (tertiary/aromatic N) is 2. The largest absolute Gasteiger partial charge is 0.497 e. The van der Waals surface area contributed by atoms with E-state index in [-0.39, 0.29) is 5.78 Å². The molecule has 0 unspecified atom stereocenters. The first-order valence-electron chi connectivity index (χ1n) is 6.43. The number of hydrogen-bond acceptors (Lipinski definition) is 4. The van der Waals surface area contributed by atoms with Crippen LogP contribution in [-0.4, -0.2) is 19.9 Å². The van der Waals surface area contributed by atoms with Crippen molar-refractivity contribution in [2.24, 2.45) is 5.29 Å². The van der Waals surface area contributed by atoms with Gasteiger partial charge in [-0.25, -0.2) is 5.01 Å². The predicted molar refractivity (Wildman–Crippen MR) is 81.8 cm³/mol. The molecule has 0 spiro atoms. The van der Waals surface area contributed by atoms with Gasteiger partial charge in [-0.2, -0.15) is 0 Å². The van der Waals surface area contributed by atoms with Gasteiger partial charge in [0.2, 0.25) is 0 Å². The monoisotopic (exact) mass is 284 g/mol. The van der Waals surface area contributed by atoms with Crippen LogP contribution in [0.25, 0.3) is 0 Å². The summed E-state index contributed by atoms with van der Waals surface area (Å²) >= 11 is 0. The van der Waals surface area contributed by atoms with Gasteiger partial charge in [0.1, 0.15) is 5.75 Å². The molecule has 5 heteroatoms. The lowest BCUT2D eigenvalue weighted by Gasteiger charge is -2.14. The van der Waals surface area contributed by atoms with Crippen molar-refractivity contribution in [3.63, 3.8) is 0 Å². The first kappa shape index (κ1) is 14.7. The van der Waals surface area contributed by atoms with E-state index in [1.807, 2.05) is 13.0 Å². The molecule has 0 aromatic heterocycles. The summed E-state index contributed by atoms with van der Waals surface area (Å²) in [7, 11) is 3.06. The van der Waals surface area contributed by atoms with Crippen LogP contribution in [0.3, 0.4) is 0 Å². The maximum Gasteiger partial charge on any atom is 0.195 e. The van der Waals surface area contributed by atoms with Crippen LogP contribution in [0.15, 0.2) is 47.8 Å². The van der Waals surface area contributed by atoms with Crippen molar-refractivity contribution in [3.8, 4) is 5.75 Å². The number of ether oxygens (including phenoxy) is 1. The Hall–Kier alpha value is -2.69. The minimum Gasteiger partial charge on any atom is -0.497 e. The van der Waals surface area contributed by atoms with Crippen LogP contribution in [0.4, 0.5) is 5.69 Å². The van der Waals surface area contributed by atoms with E-state index in [0.717, 1.165) is 10.6 Å². The molecular formula is C16H16N2O3. The first-order valence-corrected chi connectivity index (χ1v) is 6.43. The third-order valence-corrected chi connectivity index (χ3v) is 3.20. The molecule has 0 amide bonds. The minimum atomic E-state index is -0.178. The van der Waals surface area contributed by atoms with Crippen LogP contribution in [0, 0.1) is 11.8 Å². The van der Waals surface area contributed by atoms with Crippen LogP contribution in [0.5, 0.6) is 5.75 Å². The van der Waals surface area contributed by atoms with Crippen LogP contribution in [0.2, 0.25) is 0 Å². The Balaban J connectivity index is 2.51. The predicted octanol–water partition coefficient (Wildman–Crippen LogP) is 3.35. The van der Waals surface area contributed by atoms with Crippen molar-refractivity contribution < 1.29 is 9.53 Å². The second-order valence-corrected chi connectivity index (χ2v) is 4.69. The second-order valence-electron chi connectivity index (χ2n) is 4.69. The van der Waals surface area contributed by atoms with Crippen LogP contribution in [0.1, 0.15) is 21.5 Å².